The van der Waals surface area contributed by atoms with Crippen molar-refractivity contribution in [3.63, 3.8) is 0 Å². The van der Waals surface area contributed by atoms with Crippen LogP contribution < -0.4 is 10.6 Å². The van der Waals surface area contributed by atoms with Gasteiger partial charge in [0.1, 0.15) is 0 Å². The molecule has 0 radical (unpaired) electrons. The van der Waals surface area contributed by atoms with Crippen LogP contribution in [0, 0.1) is 6.92 Å². The molecule has 0 saturated carbocycles. The summed E-state index contributed by atoms with van der Waals surface area (Å²) in [6.45, 7) is 3.61. The molecule has 0 aliphatic carbocycles. The number of aryl methyl sites for hydroxylation is 1. The minimum Gasteiger partial charge on any atom is -0.356 e. The summed E-state index contributed by atoms with van der Waals surface area (Å²) in [6, 6.07) is 21.4. The molecule has 0 atom stereocenters. The van der Waals surface area contributed by atoms with E-state index in [2.05, 4.69) is 81.3 Å². The lowest BCUT2D eigenvalue weighted by Crippen LogP contribution is -2.37. The second-order valence-electron chi connectivity index (χ2n) is 6.36. The second kappa shape index (κ2) is 9.88. The van der Waals surface area contributed by atoms with Crippen molar-refractivity contribution in [3.8, 4) is 0 Å². The number of thiazole rings is 1. The summed E-state index contributed by atoms with van der Waals surface area (Å²) in [4.78, 5) is 9.83. The third-order valence-corrected chi connectivity index (χ3v) is 5.36. The van der Waals surface area contributed by atoms with E-state index in [4.69, 9.17) is 0 Å². The van der Waals surface area contributed by atoms with Crippen LogP contribution in [0.1, 0.15) is 33.4 Å². The number of nitrogens with zero attached hydrogens (tertiary/aromatic N) is 2. The molecule has 1 heterocycles. The lowest BCUT2D eigenvalue weighted by Gasteiger charge is -2.19. The van der Waals surface area contributed by atoms with Gasteiger partial charge in [-0.2, -0.15) is 0 Å². The Bertz CT molecular complexity index is 804. The van der Waals surface area contributed by atoms with E-state index in [0.717, 1.165) is 30.5 Å². The maximum Gasteiger partial charge on any atom is 0.191 e. The Morgan fingerprint density at radius 1 is 1.00 bits per heavy atom. The fourth-order valence-electron chi connectivity index (χ4n) is 3.11. The van der Waals surface area contributed by atoms with Crippen molar-refractivity contribution >= 4 is 17.3 Å². The van der Waals surface area contributed by atoms with E-state index in [-0.39, 0.29) is 0 Å². The Morgan fingerprint density at radius 2 is 1.63 bits per heavy atom. The molecule has 3 rings (SSSR count). The summed E-state index contributed by atoms with van der Waals surface area (Å²) >= 11 is 1.71. The van der Waals surface area contributed by atoms with Gasteiger partial charge < -0.3 is 10.6 Å². The lowest BCUT2D eigenvalue weighted by molar-refractivity contribution is 0.679. The van der Waals surface area contributed by atoms with Crippen molar-refractivity contribution in [2.75, 3.05) is 13.6 Å². The fourth-order valence-corrected chi connectivity index (χ4v) is 3.84. The molecule has 2 N–H and O–H groups in total. The average Bonchev–Trinajstić information content (AvgIpc) is 3.14. The Balaban J connectivity index is 1.58. The Morgan fingerprint density at radius 3 is 2.15 bits per heavy atom. The number of hydrogen-bond donors (Lipinski definition) is 2. The summed E-state index contributed by atoms with van der Waals surface area (Å²) in [7, 11) is 1.80. The van der Waals surface area contributed by atoms with Crippen LogP contribution in [-0.2, 0) is 6.54 Å². The highest BCUT2D eigenvalue weighted by Crippen LogP contribution is 2.27. The van der Waals surface area contributed by atoms with Gasteiger partial charge in [-0.25, -0.2) is 4.98 Å². The molecule has 0 saturated heterocycles. The highest BCUT2D eigenvalue weighted by Gasteiger charge is 2.13. The van der Waals surface area contributed by atoms with Gasteiger partial charge in [0.05, 0.1) is 11.6 Å². The van der Waals surface area contributed by atoms with Gasteiger partial charge in [-0.15, -0.1) is 11.3 Å². The molecule has 0 amide bonds. The predicted octanol–water partition coefficient (Wildman–Crippen LogP) is 4.34. The third-order valence-electron chi connectivity index (χ3n) is 4.45. The van der Waals surface area contributed by atoms with Crippen LogP contribution >= 0.6 is 11.3 Å². The fraction of sp³-hybridized carbons (Fsp3) is 0.273. The zero-order chi connectivity index (χ0) is 18.9. The minimum absolute atomic E-state index is 0.363. The number of hydrogen-bond acceptors (Lipinski definition) is 3. The Kier molecular flexibility index (Phi) is 6.99. The standard InChI is InChI=1S/C22H26N4S/c1-17-25-15-20(27-17)16-26-22(23-2)24-14-13-21(18-9-5-3-6-10-18)19-11-7-4-8-12-19/h3-12,15,21H,13-14,16H2,1-2H3,(H2,23,24,26). The highest BCUT2D eigenvalue weighted by molar-refractivity contribution is 7.11. The molecule has 2 aromatic carbocycles. The summed E-state index contributed by atoms with van der Waals surface area (Å²) in [5, 5.41) is 7.89. The van der Waals surface area contributed by atoms with E-state index in [1.54, 1.807) is 18.4 Å². The summed E-state index contributed by atoms with van der Waals surface area (Å²) < 4.78 is 0. The quantitative estimate of drug-likeness (QED) is 0.475. The highest BCUT2D eigenvalue weighted by atomic mass is 32.1. The molecule has 27 heavy (non-hydrogen) atoms. The zero-order valence-electron chi connectivity index (χ0n) is 15.9. The maximum atomic E-state index is 4.33. The van der Waals surface area contributed by atoms with Crippen LogP contribution in [-0.4, -0.2) is 24.5 Å². The Hall–Kier alpha value is -2.66. The first kappa shape index (κ1) is 19.1. The topological polar surface area (TPSA) is 49.3 Å². The number of rotatable bonds is 7. The van der Waals surface area contributed by atoms with Crippen LogP contribution in [0.4, 0.5) is 0 Å². The van der Waals surface area contributed by atoms with E-state index in [9.17, 15) is 0 Å². The summed E-state index contributed by atoms with van der Waals surface area (Å²) in [6.07, 6.45) is 2.91. The molecule has 3 aromatic rings. The van der Waals surface area contributed by atoms with Crippen molar-refractivity contribution in [2.45, 2.75) is 25.8 Å². The smallest absolute Gasteiger partial charge is 0.191 e. The minimum atomic E-state index is 0.363. The first-order chi connectivity index (χ1) is 13.3. The van der Waals surface area contributed by atoms with E-state index < -0.39 is 0 Å². The molecule has 0 unspecified atom stereocenters. The van der Waals surface area contributed by atoms with Gasteiger partial charge >= 0.3 is 0 Å². The van der Waals surface area contributed by atoms with E-state index in [1.807, 2.05) is 13.1 Å². The molecule has 0 fully saturated rings. The molecule has 140 valence electrons. The molecule has 4 nitrogen and oxygen atoms in total. The van der Waals surface area contributed by atoms with Crippen LogP contribution in [0.15, 0.2) is 71.9 Å². The molecular weight excluding hydrogens is 352 g/mol. The van der Waals surface area contributed by atoms with Gasteiger partial charge in [0.2, 0.25) is 0 Å². The van der Waals surface area contributed by atoms with E-state index >= 15 is 0 Å². The molecule has 5 heteroatoms. The number of aliphatic imine (C=N–C) groups is 1. The summed E-state index contributed by atoms with van der Waals surface area (Å²) in [5.74, 6) is 1.18. The van der Waals surface area contributed by atoms with Crippen molar-refractivity contribution in [3.05, 3.63) is 87.9 Å². The van der Waals surface area contributed by atoms with Crippen molar-refractivity contribution in [1.29, 1.82) is 0 Å². The van der Waals surface area contributed by atoms with Gasteiger partial charge in [-0.3, -0.25) is 4.99 Å². The molecular formula is C22H26N4S. The van der Waals surface area contributed by atoms with Crippen LogP contribution in [0.2, 0.25) is 0 Å². The van der Waals surface area contributed by atoms with E-state index in [1.165, 1.54) is 16.0 Å². The number of nitrogens with one attached hydrogen (secondary N) is 2. The monoisotopic (exact) mass is 378 g/mol. The summed E-state index contributed by atoms with van der Waals surface area (Å²) in [5.41, 5.74) is 2.68. The third kappa shape index (κ3) is 5.66. The van der Waals surface area contributed by atoms with Crippen LogP contribution in [0.25, 0.3) is 0 Å². The number of benzene rings is 2. The normalized spacial score (nSPS) is 11.6. The van der Waals surface area contributed by atoms with Crippen LogP contribution in [0.3, 0.4) is 0 Å². The number of aromatic nitrogens is 1. The van der Waals surface area contributed by atoms with Crippen LogP contribution in [0.5, 0.6) is 0 Å². The zero-order valence-corrected chi connectivity index (χ0v) is 16.7. The van der Waals surface area contributed by atoms with E-state index in [0.29, 0.717) is 5.92 Å². The van der Waals surface area contributed by atoms with Gasteiger partial charge in [0.25, 0.3) is 0 Å². The average molecular weight is 379 g/mol. The molecule has 1 aromatic heterocycles. The predicted molar refractivity (Wildman–Crippen MR) is 114 cm³/mol. The second-order valence-corrected chi connectivity index (χ2v) is 7.68. The Labute approximate surface area is 165 Å². The first-order valence-electron chi connectivity index (χ1n) is 9.22. The first-order valence-corrected chi connectivity index (χ1v) is 10.0. The molecule has 0 aliphatic heterocycles. The van der Waals surface area contributed by atoms with Crippen molar-refractivity contribution in [2.24, 2.45) is 4.99 Å². The molecule has 0 spiro atoms. The molecule has 0 aliphatic rings. The van der Waals surface area contributed by atoms with Gasteiger partial charge in [0, 0.05) is 30.6 Å². The largest absolute Gasteiger partial charge is 0.356 e. The SMILES string of the molecule is CN=C(NCCC(c1ccccc1)c1ccccc1)NCc1cnc(C)s1. The lowest BCUT2D eigenvalue weighted by atomic mass is 9.88. The van der Waals surface area contributed by atoms with Crippen molar-refractivity contribution < 1.29 is 0 Å². The number of guanidine groups is 1. The van der Waals surface area contributed by atoms with Gasteiger partial charge in [-0.1, -0.05) is 60.7 Å². The van der Waals surface area contributed by atoms with Gasteiger partial charge in [0.15, 0.2) is 5.96 Å². The van der Waals surface area contributed by atoms with Crippen molar-refractivity contribution in [1.82, 2.24) is 15.6 Å². The maximum absolute atomic E-state index is 4.33. The van der Waals surface area contributed by atoms with Gasteiger partial charge in [-0.05, 0) is 24.5 Å². The molecule has 0 bridgehead atoms.